The summed E-state index contributed by atoms with van der Waals surface area (Å²) in [6.07, 6.45) is 0. The molecule has 5 heteroatoms. The van der Waals surface area contributed by atoms with Crippen LogP contribution < -0.4 is 20.3 Å². The molecular formula is C15H17FN2O2. The Hall–Kier alpha value is -2.27. The lowest BCUT2D eigenvalue weighted by molar-refractivity contribution is 0.382. The number of anilines is 1. The van der Waals surface area contributed by atoms with Gasteiger partial charge in [-0.2, -0.15) is 0 Å². The van der Waals surface area contributed by atoms with Crippen molar-refractivity contribution in [3.63, 3.8) is 0 Å². The van der Waals surface area contributed by atoms with Crippen LogP contribution in [0.5, 0.6) is 11.5 Å². The summed E-state index contributed by atoms with van der Waals surface area (Å²) < 4.78 is 24.2. The molecule has 0 saturated heterocycles. The molecule has 0 bridgehead atoms. The Morgan fingerprint density at radius 3 is 2.45 bits per heavy atom. The summed E-state index contributed by atoms with van der Waals surface area (Å²) in [5, 5.41) is 0. The molecular weight excluding hydrogens is 259 g/mol. The smallest absolute Gasteiger partial charge is 0.135 e. The van der Waals surface area contributed by atoms with E-state index >= 15 is 0 Å². The fourth-order valence-electron chi connectivity index (χ4n) is 1.82. The van der Waals surface area contributed by atoms with Gasteiger partial charge in [-0.25, -0.2) is 9.82 Å². The molecule has 2 rings (SSSR count). The Labute approximate surface area is 117 Å². The first-order valence-corrected chi connectivity index (χ1v) is 6.19. The van der Waals surface area contributed by atoms with Crippen molar-refractivity contribution in [1.82, 2.24) is 5.43 Å². The highest BCUT2D eigenvalue weighted by Gasteiger charge is 2.11. The largest absolute Gasteiger partial charge is 0.497 e. The van der Waals surface area contributed by atoms with Crippen LogP contribution in [0.15, 0.2) is 42.5 Å². The van der Waals surface area contributed by atoms with E-state index in [1.165, 1.54) is 20.3 Å². The Kier molecular flexibility index (Phi) is 4.79. The second-order valence-electron chi connectivity index (χ2n) is 4.13. The number of hydrazine groups is 1. The van der Waals surface area contributed by atoms with Gasteiger partial charge in [-0.05, 0) is 12.1 Å². The number of nitrogens with one attached hydrogen (secondary N) is 2. The number of methoxy groups -OCH3 is 2. The normalized spacial score (nSPS) is 10.2. The van der Waals surface area contributed by atoms with Gasteiger partial charge in [0.2, 0.25) is 0 Å². The molecule has 0 aliphatic carbocycles. The number of halogens is 1. The molecule has 0 unspecified atom stereocenters. The lowest BCUT2D eigenvalue weighted by Crippen LogP contribution is -2.21. The molecule has 0 radical (unpaired) electrons. The second-order valence-corrected chi connectivity index (χ2v) is 4.13. The molecule has 0 atom stereocenters. The van der Waals surface area contributed by atoms with E-state index in [9.17, 15) is 4.39 Å². The number of para-hydroxylation sites is 1. The van der Waals surface area contributed by atoms with Crippen molar-refractivity contribution in [2.24, 2.45) is 0 Å². The first kappa shape index (κ1) is 14.1. The maximum absolute atomic E-state index is 14.0. The van der Waals surface area contributed by atoms with Gasteiger partial charge in [-0.1, -0.05) is 18.2 Å². The highest BCUT2D eigenvalue weighted by atomic mass is 19.1. The zero-order valence-corrected chi connectivity index (χ0v) is 11.4. The highest BCUT2D eigenvalue weighted by molar-refractivity contribution is 5.43. The molecule has 2 aromatic rings. The van der Waals surface area contributed by atoms with E-state index in [1.807, 2.05) is 30.3 Å². The number of hydrogen-bond donors (Lipinski definition) is 2. The molecule has 0 fully saturated rings. The van der Waals surface area contributed by atoms with Gasteiger partial charge in [-0.3, -0.25) is 0 Å². The summed E-state index contributed by atoms with van der Waals surface area (Å²) in [7, 11) is 2.99. The topological polar surface area (TPSA) is 42.5 Å². The number of rotatable bonds is 6. The van der Waals surface area contributed by atoms with E-state index in [1.54, 1.807) is 6.07 Å². The van der Waals surface area contributed by atoms with E-state index in [4.69, 9.17) is 9.47 Å². The minimum atomic E-state index is -0.372. The van der Waals surface area contributed by atoms with E-state index in [2.05, 4.69) is 10.9 Å². The van der Waals surface area contributed by atoms with Crippen molar-refractivity contribution in [2.75, 3.05) is 19.6 Å². The summed E-state index contributed by atoms with van der Waals surface area (Å²) in [5.74, 6) is 0.506. The molecule has 2 aromatic carbocycles. The quantitative estimate of drug-likeness (QED) is 0.796. The summed E-state index contributed by atoms with van der Waals surface area (Å²) in [5.41, 5.74) is 7.30. The van der Waals surface area contributed by atoms with Gasteiger partial charge in [-0.15, -0.1) is 0 Å². The second kappa shape index (κ2) is 6.77. The van der Waals surface area contributed by atoms with Crippen LogP contribution in [0.2, 0.25) is 0 Å². The van der Waals surface area contributed by atoms with E-state index in [-0.39, 0.29) is 12.4 Å². The fourth-order valence-corrected chi connectivity index (χ4v) is 1.82. The van der Waals surface area contributed by atoms with Crippen LogP contribution in [0.3, 0.4) is 0 Å². The molecule has 0 heterocycles. The van der Waals surface area contributed by atoms with Crippen LogP contribution >= 0.6 is 0 Å². The third kappa shape index (κ3) is 3.39. The van der Waals surface area contributed by atoms with Crippen molar-refractivity contribution >= 4 is 5.69 Å². The summed E-state index contributed by atoms with van der Waals surface area (Å²) in [6, 6.07) is 12.6. The van der Waals surface area contributed by atoms with Crippen LogP contribution in [-0.2, 0) is 6.54 Å². The van der Waals surface area contributed by atoms with Gasteiger partial charge in [0, 0.05) is 29.9 Å². The van der Waals surface area contributed by atoms with E-state index in [0.29, 0.717) is 17.1 Å². The molecule has 0 aromatic heterocycles. The third-order valence-electron chi connectivity index (χ3n) is 2.86. The Bertz CT molecular complexity index is 561. The van der Waals surface area contributed by atoms with Crippen LogP contribution in [-0.4, -0.2) is 14.2 Å². The lowest BCUT2D eigenvalue weighted by Gasteiger charge is -2.13. The number of benzene rings is 2. The molecule has 106 valence electrons. The van der Waals surface area contributed by atoms with Crippen molar-refractivity contribution in [2.45, 2.75) is 6.54 Å². The zero-order chi connectivity index (χ0) is 14.4. The molecule has 2 N–H and O–H groups in total. The maximum atomic E-state index is 14.0. The van der Waals surface area contributed by atoms with E-state index < -0.39 is 0 Å². The van der Waals surface area contributed by atoms with Crippen LogP contribution in [0.25, 0.3) is 0 Å². The summed E-state index contributed by atoms with van der Waals surface area (Å²) >= 11 is 0. The van der Waals surface area contributed by atoms with Gasteiger partial charge < -0.3 is 14.9 Å². The minimum absolute atomic E-state index is 0.286. The van der Waals surface area contributed by atoms with Crippen molar-refractivity contribution in [1.29, 1.82) is 0 Å². The average molecular weight is 276 g/mol. The number of ether oxygens (including phenoxy) is 2. The average Bonchev–Trinajstić information content (AvgIpc) is 2.49. The van der Waals surface area contributed by atoms with Crippen LogP contribution in [0.4, 0.5) is 10.1 Å². The van der Waals surface area contributed by atoms with Gasteiger partial charge in [0.1, 0.15) is 17.3 Å². The van der Waals surface area contributed by atoms with Crippen LogP contribution in [0, 0.1) is 5.82 Å². The SMILES string of the molecule is COc1cc(F)c(CNNc2ccccc2)c(OC)c1. The standard InChI is InChI=1S/C15H17FN2O2/c1-19-12-8-14(16)13(15(9-12)20-2)10-17-18-11-6-4-3-5-7-11/h3-9,17-18H,10H2,1-2H3. The van der Waals surface area contributed by atoms with Gasteiger partial charge in [0.25, 0.3) is 0 Å². The summed E-state index contributed by atoms with van der Waals surface area (Å²) in [4.78, 5) is 0. The molecule has 0 aliphatic rings. The predicted molar refractivity (Wildman–Crippen MR) is 76.4 cm³/mol. The summed E-state index contributed by atoms with van der Waals surface area (Å²) in [6.45, 7) is 0.286. The zero-order valence-electron chi connectivity index (χ0n) is 11.4. The highest BCUT2D eigenvalue weighted by Crippen LogP contribution is 2.27. The molecule has 4 nitrogen and oxygen atoms in total. The van der Waals surface area contributed by atoms with Crippen molar-refractivity contribution in [3.05, 3.63) is 53.8 Å². The van der Waals surface area contributed by atoms with Crippen molar-refractivity contribution < 1.29 is 13.9 Å². The van der Waals surface area contributed by atoms with Gasteiger partial charge >= 0.3 is 0 Å². The fraction of sp³-hybridized carbons (Fsp3) is 0.200. The predicted octanol–water partition coefficient (Wildman–Crippen LogP) is 2.96. The molecule has 0 spiro atoms. The molecule has 0 aliphatic heterocycles. The number of hydrogen-bond acceptors (Lipinski definition) is 4. The maximum Gasteiger partial charge on any atom is 0.135 e. The van der Waals surface area contributed by atoms with Crippen molar-refractivity contribution in [3.8, 4) is 11.5 Å². The Morgan fingerprint density at radius 1 is 1.05 bits per heavy atom. The first-order valence-electron chi connectivity index (χ1n) is 6.19. The van der Waals surface area contributed by atoms with Crippen LogP contribution in [0.1, 0.15) is 5.56 Å². The third-order valence-corrected chi connectivity index (χ3v) is 2.86. The lowest BCUT2D eigenvalue weighted by atomic mass is 10.1. The molecule has 20 heavy (non-hydrogen) atoms. The molecule has 0 saturated carbocycles. The monoisotopic (exact) mass is 276 g/mol. The van der Waals surface area contributed by atoms with Gasteiger partial charge in [0.05, 0.1) is 14.2 Å². The van der Waals surface area contributed by atoms with Gasteiger partial charge in [0.15, 0.2) is 0 Å². The Balaban J connectivity index is 2.05. The minimum Gasteiger partial charge on any atom is -0.497 e. The molecule has 0 amide bonds. The Morgan fingerprint density at radius 2 is 1.80 bits per heavy atom. The first-order chi connectivity index (χ1) is 9.74. The van der Waals surface area contributed by atoms with E-state index in [0.717, 1.165) is 5.69 Å².